The van der Waals surface area contributed by atoms with Crippen molar-refractivity contribution in [2.24, 2.45) is 5.92 Å². The van der Waals surface area contributed by atoms with Crippen molar-refractivity contribution in [3.05, 3.63) is 42.0 Å². The lowest BCUT2D eigenvalue weighted by molar-refractivity contribution is -0.121. The first kappa shape index (κ1) is 16.8. The Morgan fingerprint density at radius 3 is 2.50 bits per heavy atom. The second-order valence-corrected chi connectivity index (χ2v) is 7.32. The molecule has 2 aromatic rings. The zero-order valence-electron chi connectivity index (χ0n) is 15.1. The van der Waals surface area contributed by atoms with E-state index in [9.17, 15) is 4.79 Å². The summed E-state index contributed by atoms with van der Waals surface area (Å²) in [4.78, 5) is 11.8. The SMILES string of the molecule is COc1ccc2cccc(C3(C(NC(C)=O)C(C)C)CCC3)c2c1. The molecule has 2 aromatic carbocycles. The van der Waals surface area contributed by atoms with E-state index in [0.717, 1.165) is 18.6 Å². The van der Waals surface area contributed by atoms with Crippen LogP contribution in [0.3, 0.4) is 0 Å². The van der Waals surface area contributed by atoms with Gasteiger partial charge in [-0.1, -0.05) is 44.5 Å². The Labute approximate surface area is 144 Å². The first-order chi connectivity index (χ1) is 11.5. The molecule has 3 nitrogen and oxygen atoms in total. The van der Waals surface area contributed by atoms with E-state index in [1.165, 1.54) is 22.8 Å². The zero-order chi connectivity index (χ0) is 17.3. The fourth-order valence-electron chi connectivity index (χ4n) is 4.28. The maximum Gasteiger partial charge on any atom is 0.217 e. The predicted molar refractivity (Wildman–Crippen MR) is 98.5 cm³/mol. The number of ether oxygens (including phenoxy) is 1. The van der Waals surface area contributed by atoms with Crippen LogP contribution >= 0.6 is 0 Å². The summed E-state index contributed by atoms with van der Waals surface area (Å²) in [6.45, 7) is 6.02. The highest BCUT2D eigenvalue weighted by Gasteiger charge is 2.47. The van der Waals surface area contributed by atoms with E-state index in [4.69, 9.17) is 4.74 Å². The van der Waals surface area contributed by atoms with Crippen LogP contribution in [0.5, 0.6) is 5.75 Å². The number of carbonyl (C=O) groups excluding carboxylic acids is 1. The van der Waals surface area contributed by atoms with Gasteiger partial charge in [-0.15, -0.1) is 0 Å². The van der Waals surface area contributed by atoms with Crippen LogP contribution in [0.4, 0.5) is 0 Å². The average molecular weight is 325 g/mol. The minimum atomic E-state index is 0.0196. The molecule has 24 heavy (non-hydrogen) atoms. The summed E-state index contributed by atoms with van der Waals surface area (Å²) in [5.41, 5.74) is 1.36. The Bertz CT molecular complexity index is 747. The molecular formula is C21H27NO2. The van der Waals surface area contributed by atoms with Gasteiger partial charge in [0, 0.05) is 18.4 Å². The van der Waals surface area contributed by atoms with Crippen molar-refractivity contribution >= 4 is 16.7 Å². The molecule has 0 aromatic heterocycles. The van der Waals surface area contributed by atoms with Crippen LogP contribution in [0.25, 0.3) is 10.8 Å². The van der Waals surface area contributed by atoms with Gasteiger partial charge < -0.3 is 10.1 Å². The second-order valence-electron chi connectivity index (χ2n) is 7.32. The van der Waals surface area contributed by atoms with Gasteiger partial charge in [0.25, 0.3) is 0 Å². The number of nitrogens with one attached hydrogen (secondary N) is 1. The maximum absolute atomic E-state index is 11.8. The van der Waals surface area contributed by atoms with E-state index >= 15 is 0 Å². The Hall–Kier alpha value is -2.03. The summed E-state index contributed by atoms with van der Waals surface area (Å²) in [7, 11) is 1.71. The van der Waals surface area contributed by atoms with E-state index < -0.39 is 0 Å². The highest BCUT2D eigenvalue weighted by molar-refractivity contribution is 5.88. The molecule has 3 rings (SSSR count). The molecule has 0 radical (unpaired) electrons. The number of carbonyl (C=O) groups is 1. The third kappa shape index (κ3) is 2.77. The Kier molecular flexibility index (Phi) is 4.53. The molecule has 128 valence electrons. The molecule has 1 atom stereocenters. The zero-order valence-corrected chi connectivity index (χ0v) is 15.1. The predicted octanol–water partition coefficient (Wildman–Crippen LogP) is 4.43. The van der Waals surface area contributed by atoms with E-state index in [0.29, 0.717) is 5.92 Å². The van der Waals surface area contributed by atoms with Crippen LogP contribution in [0, 0.1) is 5.92 Å². The van der Waals surface area contributed by atoms with E-state index in [1.54, 1.807) is 14.0 Å². The number of amides is 1. The fraction of sp³-hybridized carbons (Fsp3) is 0.476. The van der Waals surface area contributed by atoms with Gasteiger partial charge >= 0.3 is 0 Å². The van der Waals surface area contributed by atoms with Crippen molar-refractivity contribution in [3.63, 3.8) is 0 Å². The number of methoxy groups -OCH3 is 1. The summed E-state index contributed by atoms with van der Waals surface area (Å²) in [5.74, 6) is 1.32. The molecule has 0 heterocycles. The van der Waals surface area contributed by atoms with Gasteiger partial charge in [-0.3, -0.25) is 4.79 Å². The monoisotopic (exact) mass is 325 g/mol. The van der Waals surface area contributed by atoms with Gasteiger partial charge in [-0.25, -0.2) is 0 Å². The van der Waals surface area contributed by atoms with Crippen LogP contribution < -0.4 is 10.1 Å². The Balaban J connectivity index is 2.16. The maximum atomic E-state index is 11.8. The molecular weight excluding hydrogens is 298 g/mol. The van der Waals surface area contributed by atoms with Gasteiger partial charge in [0.05, 0.1) is 7.11 Å². The highest BCUT2D eigenvalue weighted by atomic mass is 16.5. The fourth-order valence-corrected chi connectivity index (χ4v) is 4.28. The average Bonchev–Trinajstić information content (AvgIpc) is 2.52. The Morgan fingerprint density at radius 1 is 1.21 bits per heavy atom. The van der Waals surface area contributed by atoms with Gasteiger partial charge in [-0.2, -0.15) is 0 Å². The first-order valence-corrected chi connectivity index (χ1v) is 8.82. The standard InChI is InChI=1S/C21H27NO2/c1-14(2)20(22-15(3)23)21(11-6-12-21)19-8-5-7-16-9-10-17(24-4)13-18(16)19/h5,7-10,13-14,20H,6,11-12H2,1-4H3,(H,22,23). The number of hydrogen-bond donors (Lipinski definition) is 1. The van der Waals surface area contributed by atoms with E-state index in [1.807, 2.05) is 6.07 Å². The molecule has 1 unspecified atom stereocenters. The lowest BCUT2D eigenvalue weighted by Crippen LogP contribution is -2.56. The minimum Gasteiger partial charge on any atom is -0.497 e. The van der Waals surface area contributed by atoms with Crippen molar-refractivity contribution in [1.82, 2.24) is 5.32 Å². The molecule has 1 fully saturated rings. The summed E-state index contributed by atoms with van der Waals surface area (Å²) in [6.07, 6.45) is 3.45. The molecule has 1 N–H and O–H groups in total. The summed E-state index contributed by atoms with van der Waals surface area (Å²) in [6, 6.07) is 12.9. The normalized spacial score (nSPS) is 17.4. The number of rotatable bonds is 5. The van der Waals surface area contributed by atoms with Crippen LogP contribution in [0.1, 0.15) is 45.6 Å². The molecule has 1 saturated carbocycles. The molecule has 0 spiro atoms. The van der Waals surface area contributed by atoms with Crippen LogP contribution in [-0.4, -0.2) is 19.1 Å². The van der Waals surface area contributed by atoms with Crippen molar-refractivity contribution in [2.75, 3.05) is 7.11 Å². The Morgan fingerprint density at radius 2 is 1.96 bits per heavy atom. The van der Waals surface area contributed by atoms with Gasteiger partial charge in [-0.05, 0) is 47.2 Å². The topological polar surface area (TPSA) is 38.3 Å². The van der Waals surface area contributed by atoms with Gasteiger partial charge in [0.2, 0.25) is 5.91 Å². The van der Waals surface area contributed by atoms with Gasteiger partial charge in [0.15, 0.2) is 0 Å². The summed E-state index contributed by atoms with van der Waals surface area (Å²) < 4.78 is 5.44. The minimum absolute atomic E-state index is 0.0196. The smallest absolute Gasteiger partial charge is 0.217 e. The molecule has 0 saturated heterocycles. The lowest BCUT2D eigenvalue weighted by Gasteiger charge is -2.50. The third-order valence-electron chi connectivity index (χ3n) is 5.49. The molecule has 1 aliphatic rings. The van der Waals surface area contributed by atoms with Gasteiger partial charge in [0.1, 0.15) is 5.75 Å². The lowest BCUT2D eigenvalue weighted by atomic mass is 9.57. The third-order valence-corrected chi connectivity index (χ3v) is 5.49. The van der Waals surface area contributed by atoms with Crippen molar-refractivity contribution in [3.8, 4) is 5.75 Å². The van der Waals surface area contributed by atoms with Crippen molar-refractivity contribution in [2.45, 2.75) is 51.5 Å². The number of fused-ring (bicyclic) bond motifs is 1. The second kappa shape index (κ2) is 6.46. The molecule has 0 bridgehead atoms. The number of benzene rings is 2. The largest absolute Gasteiger partial charge is 0.497 e. The number of hydrogen-bond acceptors (Lipinski definition) is 2. The highest BCUT2D eigenvalue weighted by Crippen LogP contribution is 2.50. The molecule has 1 amide bonds. The summed E-state index contributed by atoms with van der Waals surface area (Å²) in [5, 5.41) is 5.71. The van der Waals surface area contributed by atoms with E-state index in [-0.39, 0.29) is 17.4 Å². The van der Waals surface area contributed by atoms with Crippen molar-refractivity contribution in [1.29, 1.82) is 0 Å². The van der Waals surface area contributed by atoms with Crippen LogP contribution in [0.2, 0.25) is 0 Å². The molecule has 3 heteroatoms. The quantitative estimate of drug-likeness (QED) is 0.883. The van der Waals surface area contributed by atoms with Crippen LogP contribution in [0.15, 0.2) is 36.4 Å². The van der Waals surface area contributed by atoms with Crippen LogP contribution in [-0.2, 0) is 10.2 Å². The summed E-state index contributed by atoms with van der Waals surface area (Å²) >= 11 is 0. The van der Waals surface area contributed by atoms with E-state index in [2.05, 4.69) is 49.5 Å². The molecule has 0 aliphatic heterocycles. The van der Waals surface area contributed by atoms with Crippen molar-refractivity contribution < 1.29 is 9.53 Å². The first-order valence-electron chi connectivity index (χ1n) is 8.82. The molecule has 1 aliphatic carbocycles.